The van der Waals surface area contributed by atoms with Crippen LogP contribution in [0.15, 0.2) is 53.1 Å². The van der Waals surface area contributed by atoms with Gasteiger partial charge in [-0.3, -0.25) is 0 Å². The summed E-state index contributed by atoms with van der Waals surface area (Å²) in [4.78, 5) is 0. The predicted octanol–water partition coefficient (Wildman–Crippen LogP) is 0.883. The van der Waals surface area contributed by atoms with Gasteiger partial charge in [-0.25, -0.2) is 0 Å². The minimum atomic E-state index is 0. The number of halogens is 1. The number of hydrogen-bond donors (Lipinski definition) is 0. The van der Waals surface area contributed by atoms with Crippen molar-refractivity contribution in [3.05, 3.63) is 60.1 Å². The van der Waals surface area contributed by atoms with Crippen LogP contribution in [0.5, 0.6) is 0 Å². The lowest BCUT2D eigenvalue weighted by Gasteiger charge is -2.30. The number of quaternary nitrogens is 1. The minimum absolute atomic E-state index is 0. The third-order valence-corrected chi connectivity index (χ3v) is 3.47. The second kappa shape index (κ2) is 8.47. The molecule has 0 fully saturated rings. The van der Waals surface area contributed by atoms with E-state index in [0.717, 1.165) is 23.2 Å². The summed E-state index contributed by atoms with van der Waals surface area (Å²) in [5, 5.41) is 0. The van der Waals surface area contributed by atoms with Crippen LogP contribution in [0.4, 0.5) is 0 Å². The summed E-state index contributed by atoms with van der Waals surface area (Å²) in [6.45, 7) is 2.30. The highest BCUT2D eigenvalue weighted by molar-refractivity contribution is 5.13. The van der Waals surface area contributed by atoms with Crippen LogP contribution < -0.4 is 24.0 Å². The van der Waals surface area contributed by atoms with Gasteiger partial charge in [0.1, 0.15) is 12.3 Å². The molecule has 3 heteroatoms. The molecule has 1 aromatic heterocycles. The molecule has 1 aromatic carbocycles. The van der Waals surface area contributed by atoms with E-state index in [0.29, 0.717) is 0 Å². The van der Waals surface area contributed by atoms with Gasteiger partial charge in [0.25, 0.3) is 0 Å². The Bertz CT molecular complexity index is 465. The van der Waals surface area contributed by atoms with Crippen molar-refractivity contribution in [2.24, 2.45) is 0 Å². The number of hydrogen-bond acceptors (Lipinski definition) is 1. The highest BCUT2D eigenvalue weighted by atomic mass is 127. The standard InChI is InChI=1S/C17H24NO.HI/c1-18(2,15-16-9-4-3-5-10-16)13-7-6-11-17-12-8-14-19-17;/h3-5,8-10,12,14H,6-7,11,13,15H2,1-2H3;1H/q+1;/p-1. The van der Waals surface area contributed by atoms with Crippen LogP contribution in [0.25, 0.3) is 0 Å². The highest BCUT2D eigenvalue weighted by Crippen LogP contribution is 2.12. The van der Waals surface area contributed by atoms with Gasteiger partial charge in [0.15, 0.2) is 0 Å². The van der Waals surface area contributed by atoms with Crippen molar-refractivity contribution in [2.75, 3.05) is 20.6 Å². The topological polar surface area (TPSA) is 13.1 Å². The summed E-state index contributed by atoms with van der Waals surface area (Å²) in [6.07, 6.45) is 5.24. The summed E-state index contributed by atoms with van der Waals surface area (Å²) in [6, 6.07) is 14.8. The maximum atomic E-state index is 5.36. The van der Waals surface area contributed by atoms with Crippen molar-refractivity contribution in [3.63, 3.8) is 0 Å². The van der Waals surface area contributed by atoms with E-state index in [9.17, 15) is 0 Å². The van der Waals surface area contributed by atoms with Crippen molar-refractivity contribution in [1.29, 1.82) is 0 Å². The molecule has 0 amide bonds. The van der Waals surface area contributed by atoms with E-state index in [1.807, 2.05) is 6.07 Å². The fourth-order valence-corrected chi connectivity index (χ4v) is 2.45. The molecule has 0 saturated carbocycles. The maximum Gasteiger partial charge on any atom is 0.104 e. The van der Waals surface area contributed by atoms with Gasteiger partial charge in [0, 0.05) is 12.0 Å². The molecule has 2 rings (SSSR count). The molecule has 110 valence electrons. The summed E-state index contributed by atoms with van der Waals surface area (Å²) in [5.41, 5.74) is 1.42. The average Bonchev–Trinajstić information content (AvgIpc) is 2.88. The number of nitrogens with zero attached hydrogens (tertiary/aromatic N) is 1. The summed E-state index contributed by atoms with van der Waals surface area (Å²) >= 11 is 0. The Labute approximate surface area is 139 Å². The predicted molar refractivity (Wildman–Crippen MR) is 78.8 cm³/mol. The summed E-state index contributed by atoms with van der Waals surface area (Å²) < 4.78 is 6.40. The number of rotatable bonds is 7. The first-order valence-electron chi connectivity index (χ1n) is 7.04. The van der Waals surface area contributed by atoms with Crippen LogP contribution >= 0.6 is 0 Å². The lowest BCUT2D eigenvalue weighted by atomic mass is 10.1. The molecule has 0 radical (unpaired) electrons. The van der Waals surface area contributed by atoms with E-state index < -0.39 is 0 Å². The molecule has 0 spiro atoms. The van der Waals surface area contributed by atoms with Crippen LogP contribution in [0.1, 0.15) is 24.2 Å². The van der Waals surface area contributed by atoms with E-state index in [2.05, 4.69) is 50.5 Å². The van der Waals surface area contributed by atoms with Gasteiger partial charge in [-0.1, -0.05) is 30.3 Å². The third kappa shape index (κ3) is 6.09. The summed E-state index contributed by atoms with van der Waals surface area (Å²) in [7, 11) is 4.61. The molecule has 0 unspecified atom stereocenters. The fraction of sp³-hybridized carbons (Fsp3) is 0.412. The molecule has 0 atom stereocenters. The maximum absolute atomic E-state index is 5.36. The first kappa shape index (κ1) is 17.2. The van der Waals surface area contributed by atoms with Crippen molar-refractivity contribution in [1.82, 2.24) is 0 Å². The number of furan rings is 1. The van der Waals surface area contributed by atoms with Gasteiger partial charge in [0.05, 0.1) is 26.9 Å². The molecule has 2 nitrogen and oxygen atoms in total. The Balaban J connectivity index is 0.00000200. The Morgan fingerprint density at radius 2 is 1.70 bits per heavy atom. The van der Waals surface area contributed by atoms with Gasteiger partial charge in [-0.2, -0.15) is 0 Å². The first-order valence-corrected chi connectivity index (χ1v) is 7.04. The van der Waals surface area contributed by atoms with Gasteiger partial charge < -0.3 is 32.9 Å². The van der Waals surface area contributed by atoms with Gasteiger partial charge in [-0.15, -0.1) is 0 Å². The molecule has 0 aliphatic heterocycles. The largest absolute Gasteiger partial charge is 1.00 e. The number of unbranched alkanes of at least 4 members (excludes halogenated alkanes) is 1. The van der Waals surface area contributed by atoms with E-state index in [1.54, 1.807) is 6.26 Å². The van der Waals surface area contributed by atoms with E-state index >= 15 is 0 Å². The zero-order valence-corrected chi connectivity index (χ0v) is 14.5. The van der Waals surface area contributed by atoms with Crippen LogP contribution in [0, 0.1) is 0 Å². The molecular weight excluding hydrogens is 361 g/mol. The normalized spacial score (nSPS) is 11.1. The quantitative estimate of drug-likeness (QED) is 0.392. The molecule has 0 saturated heterocycles. The molecule has 2 aromatic rings. The SMILES string of the molecule is C[N+](C)(CCCCc1ccco1)Cc1ccccc1.[I-]. The monoisotopic (exact) mass is 385 g/mol. The van der Waals surface area contributed by atoms with E-state index in [1.165, 1.54) is 24.9 Å². The third-order valence-electron chi connectivity index (χ3n) is 3.47. The Morgan fingerprint density at radius 1 is 0.950 bits per heavy atom. The van der Waals surface area contributed by atoms with Gasteiger partial charge in [0.2, 0.25) is 0 Å². The molecular formula is C17H24INO. The second-order valence-electron chi connectivity index (χ2n) is 5.84. The zero-order chi connectivity index (χ0) is 13.6. The minimum Gasteiger partial charge on any atom is -1.00 e. The Hall–Kier alpha value is -0.810. The Morgan fingerprint density at radius 3 is 2.35 bits per heavy atom. The van der Waals surface area contributed by atoms with Crippen molar-refractivity contribution < 1.29 is 32.9 Å². The molecule has 0 aliphatic rings. The van der Waals surface area contributed by atoms with Crippen LogP contribution in [-0.4, -0.2) is 25.1 Å². The van der Waals surface area contributed by atoms with Crippen molar-refractivity contribution in [2.45, 2.75) is 25.8 Å². The van der Waals surface area contributed by atoms with Crippen LogP contribution in [0.3, 0.4) is 0 Å². The lowest BCUT2D eigenvalue weighted by Crippen LogP contribution is -3.00. The number of benzene rings is 1. The zero-order valence-electron chi connectivity index (χ0n) is 12.4. The van der Waals surface area contributed by atoms with Gasteiger partial charge >= 0.3 is 0 Å². The molecule has 0 N–H and O–H groups in total. The lowest BCUT2D eigenvalue weighted by molar-refractivity contribution is -0.903. The molecule has 20 heavy (non-hydrogen) atoms. The van der Waals surface area contributed by atoms with Crippen molar-refractivity contribution >= 4 is 0 Å². The van der Waals surface area contributed by atoms with E-state index in [-0.39, 0.29) is 24.0 Å². The van der Waals surface area contributed by atoms with Crippen molar-refractivity contribution in [3.8, 4) is 0 Å². The molecule has 0 bridgehead atoms. The Kier molecular flexibility index (Phi) is 7.30. The average molecular weight is 385 g/mol. The van der Waals surface area contributed by atoms with Gasteiger partial charge in [-0.05, 0) is 25.0 Å². The molecule has 0 aliphatic carbocycles. The second-order valence-corrected chi connectivity index (χ2v) is 5.84. The summed E-state index contributed by atoms with van der Waals surface area (Å²) in [5.74, 6) is 1.10. The number of aryl methyl sites for hydroxylation is 1. The smallest absolute Gasteiger partial charge is 0.104 e. The van der Waals surface area contributed by atoms with E-state index in [4.69, 9.17) is 4.42 Å². The van der Waals surface area contributed by atoms with Crippen LogP contribution in [-0.2, 0) is 13.0 Å². The first-order chi connectivity index (χ1) is 9.16. The molecule has 1 heterocycles. The van der Waals surface area contributed by atoms with Crippen LogP contribution in [0.2, 0.25) is 0 Å². The fourth-order valence-electron chi connectivity index (χ4n) is 2.45. The highest BCUT2D eigenvalue weighted by Gasteiger charge is 2.15.